The summed E-state index contributed by atoms with van der Waals surface area (Å²) in [5, 5.41) is 0.712. The summed E-state index contributed by atoms with van der Waals surface area (Å²) < 4.78 is 70.0. The predicted molar refractivity (Wildman–Crippen MR) is 92.9 cm³/mol. The maximum absolute atomic E-state index is 12.5. The van der Waals surface area contributed by atoms with E-state index >= 15 is 0 Å². The molecule has 0 fully saturated rings. The molecule has 0 bridgehead atoms. The first-order valence-electron chi connectivity index (χ1n) is 7.75. The standard InChI is InChI=1S/C15H25F3O6Si2/c1-19-25(20-2,10-9-15(16,17)18)24-12-13-7-6-8-14(11-13)26(21-3,22-4)23-5/h6-8,11H,9-10,12H2,1-5H3. The molecule has 1 aromatic rings. The van der Waals surface area contributed by atoms with Crippen LogP contribution in [0.4, 0.5) is 13.2 Å². The van der Waals surface area contributed by atoms with Gasteiger partial charge in [0.1, 0.15) is 0 Å². The van der Waals surface area contributed by atoms with Crippen LogP contribution in [0.3, 0.4) is 0 Å². The zero-order chi connectivity index (χ0) is 19.8. The van der Waals surface area contributed by atoms with Crippen molar-refractivity contribution in [3.63, 3.8) is 0 Å². The highest BCUT2D eigenvalue weighted by atomic mass is 28.4. The van der Waals surface area contributed by atoms with E-state index in [2.05, 4.69) is 0 Å². The second kappa shape index (κ2) is 9.94. The molecule has 0 amide bonds. The molecular weight excluding hydrogens is 389 g/mol. The van der Waals surface area contributed by atoms with Gasteiger partial charge in [-0.3, -0.25) is 0 Å². The highest BCUT2D eigenvalue weighted by Crippen LogP contribution is 2.28. The van der Waals surface area contributed by atoms with Gasteiger partial charge >= 0.3 is 23.8 Å². The second-order valence-electron chi connectivity index (χ2n) is 5.36. The van der Waals surface area contributed by atoms with Crippen LogP contribution in [0, 0.1) is 0 Å². The molecule has 0 aromatic heterocycles. The van der Waals surface area contributed by atoms with Gasteiger partial charge in [0.15, 0.2) is 0 Å². The zero-order valence-electron chi connectivity index (χ0n) is 15.5. The predicted octanol–water partition coefficient (Wildman–Crippen LogP) is 2.47. The first-order valence-corrected chi connectivity index (χ1v) is 11.4. The van der Waals surface area contributed by atoms with Crippen LogP contribution in [0.25, 0.3) is 0 Å². The van der Waals surface area contributed by atoms with Gasteiger partial charge in [0, 0.05) is 53.2 Å². The van der Waals surface area contributed by atoms with Gasteiger partial charge in [-0.1, -0.05) is 24.3 Å². The van der Waals surface area contributed by atoms with Gasteiger partial charge in [-0.2, -0.15) is 13.2 Å². The van der Waals surface area contributed by atoms with Crippen LogP contribution in [-0.4, -0.2) is 59.3 Å². The molecule has 0 saturated carbocycles. The summed E-state index contributed by atoms with van der Waals surface area (Å²) in [6.45, 7) is 0.0290. The third-order valence-electron chi connectivity index (χ3n) is 3.88. The minimum absolute atomic E-state index is 0.0290. The van der Waals surface area contributed by atoms with E-state index in [0.29, 0.717) is 10.8 Å². The van der Waals surface area contributed by atoms with Crippen LogP contribution < -0.4 is 5.19 Å². The van der Waals surface area contributed by atoms with E-state index in [1.807, 2.05) is 0 Å². The Kier molecular flexibility index (Phi) is 8.89. The molecule has 150 valence electrons. The molecule has 0 aliphatic carbocycles. The molecule has 0 heterocycles. The lowest BCUT2D eigenvalue weighted by molar-refractivity contribution is -0.133. The van der Waals surface area contributed by atoms with Crippen molar-refractivity contribution < 1.29 is 39.7 Å². The zero-order valence-corrected chi connectivity index (χ0v) is 17.5. The third-order valence-corrected chi connectivity index (χ3v) is 9.20. The van der Waals surface area contributed by atoms with Gasteiger partial charge in [0.2, 0.25) is 0 Å². The Labute approximate surface area is 153 Å². The second-order valence-corrected chi connectivity index (χ2v) is 11.2. The number of alkyl halides is 3. The van der Waals surface area contributed by atoms with Gasteiger partial charge in [0.25, 0.3) is 0 Å². The van der Waals surface area contributed by atoms with E-state index in [1.165, 1.54) is 35.5 Å². The number of halogens is 3. The largest absolute Gasteiger partial charge is 0.536 e. The fraction of sp³-hybridized carbons (Fsp3) is 0.600. The molecule has 0 N–H and O–H groups in total. The van der Waals surface area contributed by atoms with Crippen molar-refractivity contribution in [2.24, 2.45) is 0 Å². The topological polar surface area (TPSA) is 55.4 Å². The Morgan fingerprint density at radius 1 is 0.885 bits per heavy atom. The van der Waals surface area contributed by atoms with Crippen molar-refractivity contribution in [3.05, 3.63) is 29.8 Å². The van der Waals surface area contributed by atoms with E-state index < -0.39 is 30.2 Å². The Morgan fingerprint density at radius 2 is 1.46 bits per heavy atom. The van der Waals surface area contributed by atoms with Crippen molar-refractivity contribution in [1.29, 1.82) is 0 Å². The summed E-state index contributed by atoms with van der Waals surface area (Å²) in [5.41, 5.74) is 0.712. The van der Waals surface area contributed by atoms with Crippen molar-refractivity contribution in [1.82, 2.24) is 0 Å². The van der Waals surface area contributed by atoms with Gasteiger partial charge in [-0.05, 0) is 5.56 Å². The molecule has 1 aromatic carbocycles. The lowest BCUT2D eigenvalue weighted by Crippen LogP contribution is -2.54. The Balaban J connectivity index is 2.92. The summed E-state index contributed by atoms with van der Waals surface area (Å²) in [4.78, 5) is 0. The maximum Gasteiger partial charge on any atom is 0.536 e. The Hall–Kier alpha value is -0.796. The first kappa shape index (κ1) is 23.2. The van der Waals surface area contributed by atoms with Crippen LogP contribution in [-0.2, 0) is 33.2 Å². The van der Waals surface area contributed by atoms with Crippen molar-refractivity contribution in [2.75, 3.05) is 35.5 Å². The molecule has 0 unspecified atom stereocenters. The third kappa shape index (κ3) is 6.13. The molecule has 0 aliphatic heterocycles. The summed E-state index contributed by atoms with van der Waals surface area (Å²) >= 11 is 0. The number of hydrogen-bond acceptors (Lipinski definition) is 6. The normalized spacial score (nSPS) is 13.2. The van der Waals surface area contributed by atoms with Crippen molar-refractivity contribution in [2.45, 2.75) is 25.2 Å². The lowest BCUT2D eigenvalue weighted by Gasteiger charge is -2.27. The van der Waals surface area contributed by atoms with E-state index in [-0.39, 0.29) is 12.7 Å². The molecule has 0 spiro atoms. The SMILES string of the molecule is CO[Si](CCC(F)(F)F)(OC)OCc1cccc([Si](OC)(OC)OC)c1. The van der Waals surface area contributed by atoms with Crippen LogP contribution in [0.15, 0.2) is 24.3 Å². The smallest absolute Gasteiger partial charge is 0.377 e. The maximum atomic E-state index is 12.5. The average molecular weight is 415 g/mol. The Bertz CT molecular complexity index is 542. The lowest BCUT2D eigenvalue weighted by atomic mass is 10.2. The highest BCUT2D eigenvalue weighted by molar-refractivity contribution is 6.75. The first-order chi connectivity index (χ1) is 12.2. The van der Waals surface area contributed by atoms with Crippen molar-refractivity contribution in [3.8, 4) is 0 Å². The van der Waals surface area contributed by atoms with Crippen LogP contribution in [0.5, 0.6) is 0 Å². The number of benzene rings is 1. The van der Waals surface area contributed by atoms with Gasteiger partial charge in [-0.15, -0.1) is 0 Å². The quantitative estimate of drug-likeness (QED) is 0.519. The van der Waals surface area contributed by atoms with E-state index in [0.717, 1.165) is 0 Å². The minimum Gasteiger partial charge on any atom is -0.377 e. The van der Waals surface area contributed by atoms with Crippen molar-refractivity contribution >= 4 is 22.8 Å². The fourth-order valence-electron chi connectivity index (χ4n) is 2.42. The van der Waals surface area contributed by atoms with Gasteiger partial charge < -0.3 is 26.6 Å². The Morgan fingerprint density at radius 3 is 1.92 bits per heavy atom. The average Bonchev–Trinajstić information content (AvgIpc) is 2.64. The molecule has 6 nitrogen and oxygen atoms in total. The minimum atomic E-state index is -4.31. The van der Waals surface area contributed by atoms with Crippen LogP contribution >= 0.6 is 0 Å². The molecule has 1 rings (SSSR count). The summed E-state index contributed by atoms with van der Waals surface area (Å²) in [6.07, 6.45) is -5.34. The molecular formula is C15H25F3O6Si2. The molecule has 0 atom stereocenters. The van der Waals surface area contributed by atoms with E-state index in [4.69, 9.17) is 26.6 Å². The van der Waals surface area contributed by atoms with E-state index in [1.54, 1.807) is 24.3 Å². The van der Waals surface area contributed by atoms with Gasteiger partial charge in [-0.25, -0.2) is 0 Å². The molecule has 0 saturated heterocycles. The van der Waals surface area contributed by atoms with Crippen LogP contribution in [0.1, 0.15) is 12.0 Å². The fourth-order valence-corrected chi connectivity index (χ4v) is 6.22. The molecule has 0 aliphatic rings. The monoisotopic (exact) mass is 414 g/mol. The number of rotatable bonds is 11. The molecule has 26 heavy (non-hydrogen) atoms. The summed E-state index contributed by atoms with van der Waals surface area (Å²) in [5.74, 6) is 0. The summed E-state index contributed by atoms with van der Waals surface area (Å²) in [6, 6.07) is 6.77. The molecule has 11 heteroatoms. The molecule has 0 radical (unpaired) electrons. The highest BCUT2D eigenvalue weighted by Gasteiger charge is 2.44. The summed E-state index contributed by atoms with van der Waals surface area (Å²) in [7, 11) is 0.627. The van der Waals surface area contributed by atoms with Gasteiger partial charge in [0.05, 0.1) is 6.61 Å². The van der Waals surface area contributed by atoms with E-state index in [9.17, 15) is 13.2 Å². The van der Waals surface area contributed by atoms with Crippen LogP contribution in [0.2, 0.25) is 6.04 Å². The number of hydrogen-bond donors (Lipinski definition) is 0.